The fourth-order valence-corrected chi connectivity index (χ4v) is 2.53. The molecule has 2 aromatic rings. The average molecular weight is 306 g/mol. The van der Waals surface area contributed by atoms with E-state index in [2.05, 4.69) is 6.92 Å². The molecule has 112 valence electrons. The van der Waals surface area contributed by atoms with Crippen molar-refractivity contribution < 1.29 is 17.9 Å². The van der Waals surface area contributed by atoms with Crippen molar-refractivity contribution in [3.8, 4) is 17.2 Å². The number of hydrogen-bond acceptors (Lipinski definition) is 4. The SMILES string of the molecule is CCc1ccc(Oc2ccc(S(C)(=O)=O)cc2)c(OC)c1. The minimum absolute atomic E-state index is 0.267. The van der Waals surface area contributed by atoms with E-state index < -0.39 is 9.84 Å². The van der Waals surface area contributed by atoms with Crippen LogP contribution < -0.4 is 9.47 Å². The van der Waals surface area contributed by atoms with Gasteiger partial charge in [-0.15, -0.1) is 0 Å². The molecule has 0 aliphatic heterocycles. The molecule has 0 saturated carbocycles. The molecule has 0 fully saturated rings. The number of aryl methyl sites for hydroxylation is 1. The van der Waals surface area contributed by atoms with Crippen LogP contribution in [-0.2, 0) is 16.3 Å². The maximum atomic E-state index is 11.4. The Hall–Kier alpha value is -2.01. The third-order valence-electron chi connectivity index (χ3n) is 3.12. The van der Waals surface area contributed by atoms with Gasteiger partial charge in [0.1, 0.15) is 5.75 Å². The van der Waals surface area contributed by atoms with Crippen molar-refractivity contribution >= 4 is 9.84 Å². The molecular formula is C16H18O4S. The summed E-state index contributed by atoms with van der Waals surface area (Å²) >= 11 is 0. The fourth-order valence-electron chi connectivity index (χ4n) is 1.90. The van der Waals surface area contributed by atoms with E-state index in [1.165, 1.54) is 18.4 Å². The molecule has 0 atom stereocenters. The topological polar surface area (TPSA) is 52.6 Å². The summed E-state index contributed by atoms with van der Waals surface area (Å²) in [6.45, 7) is 2.07. The molecule has 0 aliphatic rings. The van der Waals surface area contributed by atoms with Crippen LogP contribution in [0.3, 0.4) is 0 Å². The van der Waals surface area contributed by atoms with Gasteiger partial charge in [-0.25, -0.2) is 8.42 Å². The van der Waals surface area contributed by atoms with Crippen molar-refractivity contribution in [3.63, 3.8) is 0 Å². The third kappa shape index (κ3) is 3.76. The third-order valence-corrected chi connectivity index (χ3v) is 4.24. The lowest BCUT2D eigenvalue weighted by molar-refractivity contribution is 0.378. The van der Waals surface area contributed by atoms with Gasteiger partial charge in [-0.05, 0) is 48.4 Å². The van der Waals surface area contributed by atoms with Gasteiger partial charge in [0, 0.05) is 6.26 Å². The van der Waals surface area contributed by atoms with Gasteiger partial charge in [0.05, 0.1) is 12.0 Å². The Morgan fingerprint density at radius 2 is 1.67 bits per heavy atom. The normalized spacial score (nSPS) is 11.2. The lowest BCUT2D eigenvalue weighted by Crippen LogP contribution is -1.97. The van der Waals surface area contributed by atoms with E-state index in [-0.39, 0.29) is 4.90 Å². The van der Waals surface area contributed by atoms with Crippen LogP contribution in [0.1, 0.15) is 12.5 Å². The zero-order valence-electron chi connectivity index (χ0n) is 12.3. The number of benzene rings is 2. The van der Waals surface area contributed by atoms with Gasteiger partial charge in [0.15, 0.2) is 21.3 Å². The van der Waals surface area contributed by atoms with E-state index >= 15 is 0 Å². The van der Waals surface area contributed by atoms with Gasteiger partial charge < -0.3 is 9.47 Å². The smallest absolute Gasteiger partial charge is 0.175 e. The highest BCUT2D eigenvalue weighted by atomic mass is 32.2. The second-order valence-corrected chi connectivity index (χ2v) is 6.70. The molecule has 21 heavy (non-hydrogen) atoms. The Labute approximate surface area is 125 Å². The molecule has 0 unspecified atom stereocenters. The van der Waals surface area contributed by atoms with Crippen LogP contribution >= 0.6 is 0 Å². The van der Waals surface area contributed by atoms with Crippen LogP contribution in [-0.4, -0.2) is 21.8 Å². The van der Waals surface area contributed by atoms with Gasteiger partial charge in [-0.3, -0.25) is 0 Å². The molecule has 0 N–H and O–H groups in total. The minimum atomic E-state index is -3.19. The first-order valence-electron chi connectivity index (χ1n) is 6.59. The molecule has 0 aliphatic carbocycles. The summed E-state index contributed by atoms with van der Waals surface area (Å²) in [7, 11) is -1.60. The molecular weight excluding hydrogens is 288 g/mol. The quantitative estimate of drug-likeness (QED) is 0.849. The molecule has 0 aromatic heterocycles. The Morgan fingerprint density at radius 1 is 1.00 bits per heavy atom. The van der Waals surface area contributed by atoms with Crippen molar-refractivity contribution in [3.05, 3.63) is 48.0 Å². The Balaban J connectivity index is 2.26. The molecule has 0 radical (unpaired) electrons. The number of ether oxygens (including phenoxy) is 2. The zero-order valence-corrected chi connectivity index (χ0v) is 13.1. The van der Waals surface area contributed by atoms with Crippen LogP contribution in [0.4, 0.5) is 0 Å². The van der Waals surface area contributed by atoms with E-state index in [1.54, 1.807) is 19.2 Å². The summed E-state index contributed by atoms with van der Waals surface area (Å²) < 4.78 is 33.9. The Kier molecular flexibility index (Phi) is 4.53. The van der Waals surface area contributed by atoms with Gasteiger partial charge in [0.2, 0.25) is 0 Å². The summed E-state index contributed by atoms with van der Waals surface area (Å²) in [4.78, 5) is 0.267. The lowest BCUT2D eigenvalue weighted by Gasteiger charge is -2.11. The van der Waals surface area contributed by atoms with Crippen LogP contribution in [0.25, 0.3) is 0 Å². The summed E-state index contributed by atoms with van der Waals surface area (Å²) in [6.07, 6.45) is 2.09. The number of hydrogen-bond donors (Lipinski definition) is 0. The van der Waals surface area contributed by atoms with E-state index in [1.807, 2.05) is 18.2 Å². The highest BCUT2D eigenvalue weighted by Gasteiger charge is 2.09. The van der Waals surface area contributed by atoms with Crippen LogP contribution in [0.15, 0.2) is 47.4 Å². The molecule has 2 aromatic carbocycles. The van der Waals surface area contributed by atoms with Crippen molar-refractivity contribution in [2.45, 2.75) is 18.2 Å². The standard InChI is InChI=1S/C16H18O4S/c1-4-12-5-10-15(16(11-12)19-2)20-13-6-8-14(9-7-13)21(3,17)18/h5-11H,4H2,1-3H3. The highest BCUT2D eigenvalue weighted by molar-refractivity contribution is 7.90. The second-order valence-electron chi connectivity index (χ2n) is 4.68. The van der Waals surface area contributed by atoms with Gasteiger partial charge >= 0.3 is 0 Å². The van der Waals surface area contributed by atoms with Gasteiger partial charge in [-0.1, -0.05) is 13.0 Å². The van der Waals surface area contributed by atoms with Crippen molar-refractivity contribution in [2.75, 3.05) is 13.4 Å². The molecule has 0 bridgehead atoms. The Morgan fingerprint density at radius 3 is 2.19 bits per heavy atom. The van der Waals surface area contributed by atoms with Gasteiger partial charge in [0.25, 0.3) is 0 Å². The molecule has 0 spiro atoms. The number of methoxy groups -OCH3 is 1. The second kappa shape index (κ2) is 6.18. The van der Waals surface area contributed by atoms with Gasteiger partial charge in [-0.2, -0.15) is 0 Å². The fraction of sp³-hybridized carbons (Fsp3) is 0.250. The summed E-state index contributed by atoms with van der Waals surface area (Å²) in [5, 5.41) is 0. The number of sulfone groups is 1. The molecule has 2 rings (SSSR count). The highest BCUT2D eigenvalue weighted by Crippen LogP contribution is 2.32. The van der Waals surface area contributed by atoms with Crippen LogP contribution in [0.5, 0.6) is 17.2 Å². The molecule has 4 nitrogen and oxygen atoms in total. The van der Waals surface area contributed by atoms with E-state index in [4.69, 9.17) is 9.47 Å². The Bertz CT molecular complexity index is 718. The van der Waals surface area contributed by atoms with E-state index in [0.29, 0.717) is 17.2 Å². The van der Waals surface area contributed by atoms with Crippen molar-refractivity contribution in [1.29, 1.82) is 0 Å². The summed E-state index contributed by atoms with van der Waals surface area (Å²) in [5.74, 6) is 1.81. The lowest BCUT2D eigenvalue weighted by atomic mass is 10.1. The monoisotopic (exact) mass is 306 g/mol. The first-order valence-corrected chi connectivity index (χ1v) is 8.48. The van der Waals surface area contributed by atoms with Crippen LogP contribution in [0.2, 0.25) is 0 Å². The number of rotatable bonds is 5. The minimum Gasteiger partial charge on any atom is -0.493 e. The van der Waals surface area contributed by atoms with Crippen molar-refractivity contribution in [2.24, 2.45) is 0 Å². The van der Waals surface area contributed by atoms with Crippen LogP contribution in [0, 0.1) is 0 Å². The zero-order chi connectivity index (χ0) is 15.5. The summed E-state index contributed by atoms with van der Waals surface area (Å²) in [5.41, 5.74) is 1.16. The van der Waals surface area contributed by atoms with Crippen molar-refractivity contribution in [1.82, 2.24) is 0 Å². The molecule has 0 amide bonds. The van der Waals surface area contributed by atoms with E-state index in [0.717, 1.165) is 12.0 Å². The van der Waals surface area contributed by atoms with E-state index in [9.17, 15) is 8.42 Å². The first-order chi connectivity index (χ1) is 9.94. The first kappa shape index (κ1) is 15.4. The molecule has 0 heterocycles. The maximum Gasteiger partial charge on any atom is 0.175 e. The summed E-state index contributed by atoms with van der Waals surface area (Å²) in [6, 6.07) is 12.1. The maximum absolute atomic E-state index is 11.4. The predicted molar refractivity (Wildman–Crippen MR) is 82.0 cm³/mol. The molecule has 0 saturated heterocycles. The average Bonchev–Trinajstić information content (AvgIpc) is 2.47. The largest absolute Gasteiger partial charge is 0.493 e. The molecule has 5 heteroatoms. The predicted octanol–water partition coefficient (Wildman–Crippen LogP) is 3.45.